The number of rotatable bonds is 5. The van der Waals surface area contributed by atoms with Crippen LogP contribution in [0.25, 0.3) is 16.3 Å². The second-order valence-electron chi connectivity index (χ2n) is 8.44. The van der Waals surface area contributed by atoms with E-state index in [9.17, 15) is 14.7 Å². The van der Waals surface area contributed by atoms with E-state index in [2.05, 4.69) is 27.4 Å². The lowest BCUT2D eigenvalue weighted by molar-refractivity contribution is -0.142. The molecule has 7 heteroatoms. The molecular formula is C25H24N4O3. The first-order valence-electron chi connectivity index (χ1n) is 10.9. The van der Waals surface area contributed by atoms with Gasteiger partial charge >= 0.3 is 5.97 Å². The second kappa shape index (κ2) is 8.42. The Morgan fingerprint density at radius 1 is 1.03 bits per heavy atom. The lowest BCUT2D eigenvalue weighted by atomic mass is 9.86. The van der Waals surface area contributed by atoms with Crippen LogP contribution in [0.15, 0.2) is 61.2 Å². The summed E-state index contributed by atoms with van der Waals surface area (Å²) in [6.45, 7) is 0. The molecule has 1 amide bonds. The van der Waals surface area contributed by atoms with Crippen LogP contribution < -0.4 is 5.32 Å². The number of fused-ring (bicyclic) bond motifs is 2. The zero-order valence-electron chi connectivity index (χ0n) is 17.6. The number of carbonyl (C=O) groups is 2. The molecule has 5 rings (SSSR count). The third-order valence-electron chi connectivity index (χ3n) is 6.33. The Kier molecular flexibility index (Phi) is 5.31. The summed E-state index contributed by atoms with van der Waals surface area (Å²) in [5.74, 6) is -1.27. The summed E-state index contributed by atoms with van der Waals surface area (Å²) in [6, 6.07) is 14.1. The van der Waals surface area contributed by atoms with Gasteiger partial charge < -0.3 is 14.8 Å². The normalized spacial score (nSPS) is 18.6. The minimum atomic E-state index is -0.748. The van der Waals surface area contributed by atoms with E-state index >= 15 is 0 Å². The molecule has 32 heavy (non-hydrogen) atoms. The van der Waals surface area contributed by atoms with Gasteiger partial charge in [0.15, 0.2) is 5.69 Å². The van der Waals surface area contributed by atoms with Gasteiger partial charge in [-0.2, -0.15) is 0 Å². The van der Waals surface area contributed by atoms with E-state index in [0.717, 1.165) is 27.5 Å². The van der Waals surface area contributed by atoms with Crippen molar-refractivity contribution in [2.75, 3.05) is 0 Å². The number of nitrogens with zero attached hydrogens (tertiary/aromatic N) is 3. The number of aliphatic carboxylic acids is 1. The second-order valence-corrected chi connectivity index (χ2v) is 8.44. The van der Waals surface area contributed by atoms with Crippen molar-refractivity contribution in [1.82, 2.24) is 19.7 Å². The van der Waals surface area contributed by atoms with E-state index in [-0.39, 0.29) is 17.9 Å². The fourth-order valence-electron chi connectivity index (χ4n) is 4.59. The lowest BCUT2D eigenvalue weighted by Crippen LogP contribution is -2.39. The monoisotopic (exact) mass is 428 g/mol. The van der Waals surface area contributed by atoms with E-state index in [1.807, 2.05) is 47.1 Å². The van der Waals surface area contributed by atoms with E-state index in [0.29, 0.717) is 37.8 Å². The Morgan fingerprint density at radius 2 is 1.81 bits per heavy atom. The zero-order valence-corrected chi connectivity index (χ0v) is 17.6. The first kappa shape index (κ1) is 20.2. The SMILES string of the molecule is O=C(NC1CCC(C(=O)O)CC1)c1ncn2cccc(Cc3cc4ccccc4cn3)c12. The molecule has 1 fully saturated rings. The highest BCUT2D eigenvalue weighted by Crippen LogP contribution is 2.25. The van der Waals surface area contributed by atoms with Crippen molar-refractivity contribution >= 4 is 28.2 Å². The molecule has 0 unspecified atom stereocenters. The molecule has 0 spiro atoms. The van der Waals surface area contributed by atoms with Crippen LogP contribution in [0.4, 0.5) is 0 Å². The van der Waals surface area contributed by atoms with Crippen LogP contribution in [-0.2, 0) is 11.2 Å². The number of imidazole rings is 1. The molecule has 3 aromatic heterocycles. The molecule has 4 aromatic rings. The van der Waals surface area contributed by atoms with Crippen LogP contribution in [0.3, 0.4) is 0 Å². The molecule has 0 saturated heterocycles. The molecule has 0 radical (unpaired) electrons. The number of benzene rings is 1. The van der Waals surface area contributed by atoms with Crippen molar-refractivity contribution < 1.29 is 14.7 Å². The molecule has 7 nitrogen and oxygen atoms in total. The Hall–Kier alpha value is -3.74. The quantitative estimate of drug-likeness (QED) is 0.503. The predicted octanol–water partition coefficient (Wildman–Crippen LogP) is 3.85. The smallest absolute Gasteiger partial charge is 0.306 e. The van der Waals surface area contributed by atoms with E-state index in [1.54, 1.807) is 6.33 Å². The molecule has 0 atom stereocenters. The molecule has 0 bridgehead atoms. The minimum absolute atomic E-state index is 0.0239. The van der Waals surface area contributed by atoms with Crippen LogP contribution in [-0.4, -0.2) is 37.4 Å². The van der Waals surface area contributed by atoms with Crippen molar-refractivity contribution in [2.24, 2.45) is 5.92 Å². The van der Waals surface area contributed by atoms with Crippen molar-refractivity contribution in [3.8, 4) is 0 Å². The van der Waals surface area contributed by atoms with Gasteiger partial charge in [-0.1, -0.05) is 30.3 Å². The third kappa shape index (κ3) is 3.93. The van der Waals surface area contributed by atoms with Crippen molar-refractivity contribution in [3.63, 3.8) is 0 Å². The summed E-state index contributed by atoms with van der Waals surface area (Å²) in [5.41, 5.74) is 3.07. The highest BCUT2D eigenvalue weighted by molar-refractivity contribution is 6.00. The number of carboxylic acid groups (broad SMARTS) is 1. The van der Waals surface area contributed by atoms with E-state index < -0.39 is 5.97 Å². The largest absolute Gasteiger partial charge is 0.481 e. The number of hydrogen-bond donors (Lipinski definition) is 2. The average Bonchev–Trinajstić information content (AvgIpc) is 3.25. The maximum absolute atomic E-state index is 13.1. The number of carbonyl (C=O) groups excluding carboxylic acids is 1. The fraction of sp³-hybridized carbons (Fsp3) is 0.280. The molecule has 1 aliphatic rings. The van der Waals surface area contributed by atoms with Gasteiger partial charge in [-0.3, -0.25) is 14.6 Å². The van der Waals surface area contributed by atoms with Gasteiger partial charge in [0, 0.05) is 35.9 Å². The van der Waals surface area contributed by atoms with Crippen molar-refractivity contribution in [3.05, 3.63) is 78.1 Å². The van der Waals surface area contributed by atoms with Crippen molar-refractivity contribution in [2.45, 2.75) is 38.1 Å². The maximum atomic E-state index is 13.1. The van der Waals surface area contributed by atoms with Gasteiger partial charge in [0.05, 0.1) is 11.4 Å². The highest BCUT2D eigenvalue weighted by atomic mass is 16.4. The van der Waals surface area contributed by atoms with Crippen LogP contribution in [0, 0.1) is 5.92 Å². The average molecular weight is 428 g/mol. The Morgan fingerprint density at radius 3 is 2.59 bits per heavy atom. The van der Waals surface area contributed by atoms with Gasteiger partial charge in [0.25, 0.3) is 5.91 Å². The summed E-state index contributed by atoms with van der Waals surface area (Å²) >= 11 is 0. The Labute approximate surface area is 185 Å². The third-order valence-corrected chi connectivity index (χ3v) is 6.33. The zero-order chi connectivity index (χ0) is 22.1. The van der Waals surface area contributed by atoms with Gasteiger partial charge in [-0.25, -0.2) is 4.98 Å². The number of amides is 1. The topological polar surface area (TPSA) is 96.6 Å². The molecule has 2 N–H and O–H groups in total. The van der Waals surface area contributed by atoms with Gasteiger partial charge in [0.2, 0.25) is 0 Å². The van der Waals surface area contributed by atoms with Crippen LogP contribution in [0.2, 0.25) is 0 Å². The molecule has 162 valence electrons. The van der Waals surface area contributed by atoms with E-state index in [4.69, 9.17) is 0 Å². The van der Waals surface area contributed by atoms with E-state index in [1.165, 1.54) is 0 Å². The molecule has 1 aromatic carbocycles. The number of pyridine rings is 2. The number of hydrogen-bond acceptors (Lipinski definition) is 4. The maximum Gasteiger partial charge on any atom is 0.306 e. The minimum Gasteiger partial charge on any atom is -0.481 e. The molecule has 3 heterocycles. The summed E-state index contributed by atoms with van der Waals surface area (Å²) in [6.07, 6.45) is 8.52. The standard InChI is InChI=1S/C25H24N4O3/c30-24(28-20-9-7-16(8-10-20)25(31)32)22-23-18(6-3-11-29(23)15-27-22)13-21-12-17-4-1-2-5-19(17)14-26-21/h1-6,11-12,14-16,20H,7-10,13H2,(H,28,30)(H,31,32). The number of nitrogens with one attached hydrogen (secondary N) is 1. The van der Waals surface area contributed by atoms with Gasteiger partial charge in [-0.15, -0.1) is 0 Å². The molecule has 1 aliphatic carbocycles. The van der Waals surface area contributed by atoms with Crippen molar-refractivity contribution in [1.29, 1.82) is 0 Å². The Bertz CT molecular complexity index is 1310. The first-order chi connectivity index (χ1) is 15.6. The highest BCUT2D eigenvalue weighted by Gasteiger charge is 2.28. The predicted molar refractivity (Wildman–Crippen MR) is 121 cm³/mol. The summed E-state index contributed by atoms with van der Waals surface area (Å²) in [4.78, 5) is 33.2. The fourth-order valence-corrected chi connectivity index (χ4v) is 4.59. The van der Waals surface area contributed by atoms with Crippen LogP contribution in [0.1, 0.15) is 47.4 Å². The van der Waals surface area contributed by atoms with Gasteiger partial charge in [-0.05, 0) is 48.8 Å². The van der Waals surface area contributed by atoms with Gasteiger partial charge in [0.1, 0.15) is 6.33 Å². The molecule has 0 aliphatic heterocycles. The molecule has 1 saturated carbocycles. The first-order valence-corrected chi connectivity index (χ1v) is 10.9. The summed E-state index contributed by atoms with van der Waals surface area (Å²) in [5, 5.41) is 14.5. The lowest BCUT2D eigenvalue weighted by Gasteiger charge is -2.26. The van der Waals surface area contributed by atoms with Crippen LogP contribution >= 0.6 is 0 Å². The summed E-state index contributed by atoms with van der Waals surface area (Å²) in [7, 11) is 0. The summed E-state index contributed by atoms with van der Waals surface area (Å²) < 4.78 is 1.87. The number of aromatic nitrogens is 3. The van der Waals surface area contributed by atoms with Crippen LogP contribution in [0.5, 0.6) is 0 Å². The Balaban J connectivity index is 1.39. The molecular weight excluding hydrogens is 404 g/mol. The number of carboxylic acids is 1.